The molecule has 8 heteroatoms. The standard InChI is InChI=1S/C37H32N2O6/c1-22-8-7-9-25(18-22)21-38-28-11-6-5-10-27(28)37(36(38)42)32-33(40)26-19-23(2)12-14-29(26)45-34(32)35(41)39(37)17-16-24-13-15-30(43-3)31(20-24)44-4/h5-15,18-20H,16-17,21H2,1-4H3. The molecule has 1 spiro atoms. The molecular formula is C37H32N2O6. The topological polar surface area (TPSA) is 89.3 Å². The zero-order valence-corrected chi connectivity index (χ0v) is 25.5. The quantitative estimate of drug-likeness (QED) is 0.231. The Morgan fingerprint density at radius 3 is 2.33 bits per heavy atom. The summed E-state index contributed by atoms with van der Waals surface area (Å²) in [5.41, 5.74) is 3.32. The number of carbonyl (C=O) groups is 2. The Morgan fingerprint density at radius 2 is 1.56 bits per heavy atom. The van der Waals surface area contributed by atoms with Crippen molar-refractivity contribution in [1.29, 1.82) is 0 Å². The second kappa shape index (κ2) is 10.7. The van der Waals surface area contributed by atoms with Crippen LogP contribution in [0.3, 0.4) is 0 Å². The molecule has 45 heavy (non-hydrogen) atoms. The number of carbonyl (C=O) groups excluding carboxylic acids is 2. The molecule has 5 aromatic rings. The minimum atomic E-state index is -1.69. The first kappa shape index (κ1) is 28.4. The lowest BCUT2D eigenvalue weighted by molar-refractivity contribution is -0.126. The summed E-state index contributed by atoms with van der Waals surface area (Å²) in [6, 6.07) is 26.2. The Kier molecular flexibility index (Phi) is 6.73. The van der Waals surface area contributed by atoms with Gasteiger partial charge in [-0.3, -0.25) is 14.4 Å². The van der Waals surface area contributed by atoms with Crippen molar-refractivity contribution in [2.75, 3.05) is 25.7 Å². The van der Waals surface area contributed by atoms with Crippen molar-refractivity contribution in [2.45, 2.75) is 32.4 Å². The van der Waals surface area contributed by atoms with Crippen LogP contribution < -0.4 is 19.8 Å². The van der Waals surface area contributed by atoms with E-state index in [4.69, 9.17) is 13.9 Å². The molecule has 0 aliphatic carbocycles. The predicted octanol–water partition coefficient (Wildman–Crippen LogP) is 5.92. The summed E-state index contributed by atoms with van der Waals surface area (Å²) >= 11 is 0. The highest BCUT2D eigenvalue weighted by Crippen LogP contribution is 2.53. The van der Waals surface area contributed by atoms with Gasteiger partial charge in [0, 0.05) is 12.1 Å². The molecule has 1 atom stereocenters. The zero-order valence-electron chi connectivity index (χ0n) is 25.5. The second-order valence-corrected chi connectivity index (χ2v) is 11.6. The number of aryl methyl sites for hydroxylation is 2. The van der Waals surface area contributed by atoms with E-state index in [0.717, 1.165) is 22.3 Å². The van der Waals surface area contributed by atoms with Gasteiger partial charge in [0.2, 0.25) is 5.76 Å². The normalized spacial score (nSPS) is 16.9. The highest BCUT2D eigenvalue weighted by atomic mass is 16.5. The van der Waals surface area contributed by atoms with Gasteiger partial charge in [-0.1, -0.05) is 65.7 Å². The van der Waals surface area contributed by atoms with Crippen molar-refractivity contribution in [3.05, 3.63) is 134 Å². The second-order valence-electron chi connectivity index (χ2n) is 11.6. The number of nitrogens with zero attached hydrogens (tertiary/aromatic N) is 2. The summed E-state index contributed by atoms with van der Waals surface area (Å²) < 4.78 is 17.1. The molecule has 7 rings (SSSR count). The first-order valence-corrected chi connectivity index (χ1v) is 14.9. The van der Waals surface area contributed by atoms with Crippen LogP contribution in [-0.4, -0.2) is 37.5 Å². The Bertz CT molecular complexity index is 2080. The molecular weight excluding hydrogens is 568 g/mol. The fourth-order valence-electron chi connectivity index (χ4n) is 6.83. The Hall–Kier alpha value is -5.37. The molecule has 0 saturated heterocycles. The van der Waals surface area contributed by atoms with E-state index in [-0.39, 0.29) is 35.7 Å². The molecule has 4 aromatic carbocycles. The van der Waals surface area contributed by atoms with E-state index in [9.17, 15) is 9.59 Å². The van der Waals surface area contributed by atoms with Crippen LogP contribution in [0, 0.1) is 13.8 Å². The molecule has 1 unspecified atom stereocenters. The number of benzene rings is 4. The highest BCUT2D eigenvalue weighted by molar-refractivity contribution is 6.17. The number of amides is 2. The monoisotopic (exact) mass is 600 g/mol. The summed E-state index contributed by atoms with van der Waals surface area (Å²) in [6.07, 6.45) is 0.391. The molecule has 0 saturated carbocycles. The maximum Gasteiger partial charge on any atom is 0.291 e. The molecule has 2 aliphatic rings. The van der Waals surface area contributed by atoms with Crippen LogP contribution in [0.15, 0.2) is 94.1 Å². The summed E-state index contributed by atoms with van der Waals surface area (Å²) in [6.45, 7) is 4.32. The van der Waals surface area contributed by atoms with Gasteiger partial charge in [-0.15, -0.1) is 0 Å². The first-order chi connectivity index (χ1) is 21.8. The van der Waals surface area contributed by atoms with Crippen molar-refractivity contribution < 1.29 is 23.5 Å². The van der Waals surface area contributed by atoms with Crippen molar-refractivity contribution in [3.63, 3.8) is 0 Å². The fourth-order valence-corrected chi connectivity index (χ4v) is 6.83. The average molecular weight is 601 g/mol. The molecule has 2 aliphatic heterocycles. The van der Waals surface area contributed by atoms with E-state index in [2.05, 4.69) is 0 Å². The van der Waals surface area contributed by atoms with Crippen LogP contribution in [-0.2, 0) is 23.3 Å². The van der Waals surface area contributed by atoms with Crippen molar-refractivity contribution in [2.24, 2.45) is 0 Å². The van der Waals surface area contributed by atoms with Crippen LogP contribution in [0.2, 0.25) is 0 Å². The fraction of sp³-hybridized carbons (Fsp3) is 0.216. The molecule has 3 heterocycles. The van der Waals surface area contributed by atoms with E-state index < -0.39 is 11.4 Å². The van der Waals surface area contributed by atoms with Gasteiger partial charge in [0.25, 0.3) is 11.8 Å². The molecule has 0 fully saturated rings. The van der Waals surface area contributed by atoms with Crippen LogP contribution in [0.5, 0.6) is 11.5 Å². The Labute approximate surface area is 260 Å². The lowest BCUT2D eigenvalue weighted by atomic mass is 9.83. The predicted molar refractivity (Wildman–Crippen MR) is 171 cm³/mol. The van der Waals surface area contributed by atoms with E-state index in [0.29, 0.717) is 40.1 Å². The van der Waals surface area contributed by atoms with Gasteiger partial charge in [0.1, 0.15) is 5.58 Å². The molecule has 0 bridgehead atoms. The lowest BCUT2D eigenvalue weighted by Crippen LogP contribution is -2.53. The third-order valence-electron chi connectivity index (χ3n) is 8.89. The summed E-state index contributed by atoms with van der Waals surface area (Å²) in [5, 5.41) is 0.338. The number of anilines is 1. The SMILES string of the molecule is COc1ccc(CCN2C(=O)c3oc4ccc(C)cc4c(=O)c3C23C(=O)N(Cc2cccc(C)c2)c2ccccc23)cc1OC. The Balaban J connectivity index is 1.43. The number of rotatable bonds is 7. The summed E-state index contributed by atoms with van der Waals surface area (Å²) in [4.78, 5) is 47.2. The van der Waals surface area contributed by atoms with E-state index >= 15 is 4.79 Å². The molecule has 0 N–H and O–H groups in total. The van der Waals surface area contributed by atoms with Crippen LogP contribution in [0.1, 0.15) is 43.9 Å². The van der Waals surface area contributed by atoms with Gasteiger partial charge in [0.05, 0.1) is 37.4 Å². The van der Waals surface area contributed by atoms with Crippen LogP contribution in [0.25, 0.3) is 11.0 Å². The van der Waals surface area contributed by atoms with Gasteiger partial charge in [-0.2, -0.15) is 0 Å². The van der Waals surface area contributed by atoms with Crippen molar-refractivity contribution >= 4 is 28.5 Å². The smallest absolute Gasteiger partial charge is 0.291 e. The van der Waals surface area contributed by atoms with Crippen molar-refractivity contribution in [3.8, 4) is 11.5 Å². The number of methoxy groups -OCH3 is 2. The molecule has 1 aromatic heterocycles. The van der Waals surface area contributed by atoms with Crippen LogP contribution >= 0.6 is 0 Å². The lowest BCUT2D eigenvalue weighted by Gasteiger charge is -2.34. The van der Waals surface area contributed by atoms with E-state index in [1.807, 2.05) is 86.6 Å². The maximum absolute atomic E-state index is 15.1. The zero-order chi connectivity index (χ0) is 31.5. The number of hydrogen-bond donors (Lipinski definition) is 0. The summed E-state index contributed by atoms with van der Waals surface area (Å²) in [7, 11) is 3.14. The van der Waals surface area contributed by atoms with Gasteiger partial charge in [0.15, 0.2) is 22.5 Å². The maximum atomic E-state index is 15.1. The average Bonchev–Trinajstić information content (AvgIpc) is 3.44. The van der Waals surface area contributed by atoms with Crippen LogP contribution in [0.4, 0.5) is 5.69 Å². The van der Waals surface area contributed by atoms with Gasteiger partial charge in [-0.25, -0.2) is 0 Å². The molecule has 8 nitrogen and oxygen atoms in total. The largest absolute Gasteiger partial charge is 0.493 e. The number of fused-ring (bicyclic) bond motifs is 5. The number of hydrogen-bond acceptors (Lipinski definition) is 6. The van der Waals surface area contributed by atoms with Gasteiger partial charge in [-0.05, 0) is 61.7 Å². The molecule has 226 valence electrons. The minimum absolute atomic E-state index is 0.0714. The number of ether oxygens (including phenoxy) is 2. The Morgan fingerprint density at radius 1 is 0.778 bits per heavy atom. The minimum Gasteiger partial charge on any atom is -0.493 e. The van der Waals surface area contributed by atoms with E-state index in [1.165, 1.54) is 4.90 Å². The molecule has 2 amide bonds. The third-order valence-corrected chi connectivity index (χ3v) is 8.89. The summed E-state index contributed by atoms with van der Waals surface area (Å²) in [5.74, 6) is 0.204. The van der Waals surface area contributed by atoms with Crippen molar-refractivity contribution in [1.82, 2.24) is 4.90 Å². The number of para-hydroxylation sites is 1. The van der Waals surface area contributed by atoms with E-state index in [1.54, 1.807) is 31.3 Å². The third kappa shape index (κ3) is 4.23. The van der Waals surface area contributed by atoms with Gasteiger partial charge >= 0.3 is 0 Å². The molecule has 0 radical (unpaired) electrons. The van der Waals surface area contributed by atoms with Gasteiger partial charge < -0.3 is 23.7 Å². The highest BCUT2D eigenvalue weighted by Gasteiger charge is 2.64. The first-order valence-electron chi connectivity index (χ1n) is 14.9.